The van der Waals surface area contributed by atoms with E-state index in [0.717, 1.165) is 50.0 Å². The molecule has 0 aliphatic heterocycles. The summed E-state index contributed by atoms with van der Waals surface area (Å²) in [5.41, 5.74) is 8.53. The summed E-state index contributed by atoms with van der Waals surface area (Å²) in [5, 5.41) is 2.41. The molecule has 0 unspecified atom stereocenters. The molecule has 238 valence electrons. The first-order valence-corrected chi connectivity index (χ1v) is 17.1. The van der Waals surface area contributed by atoms with Crippen LogP contribution in [-0.4, -0.2) is 9.55 Å². The Morgan fingerprint density at radius 1 is 0.580 bits per heavy atom. The Balaban J connectivity index is 1.39. The van der Waals surface area contributed by atoms with Crippen LogP contribution in [0.2, 0.25) is 0 Å². The number of benzene rings is 8. The van der Waals surface area contributed by atoms with Crippen LogP contribution in [0.15, 0.2) is 151 Å². The molecule has 1 aromatic heterocycles. The molecule has 0 radical (unpaired) electrons. The van der Waals surface area contributed by atoms with Crippen molar-refractivity contribution in [2.75, 3.05) is 0 Å². The van der Waals surface area contributed by atoms with Crippen LogP contribution in [0.4, 0.5) is 0 Å². The van der Waals surface area contributed by atoms with E-state index in [0.29, 0.717) is 28.7 Å². The van der Waals surface area contributed by atoms with Gasteiger partial charge in [0.1, 0.15) is 5.82 Å². The molecule has 0 fully saturated rings. The monoisotopic (exact) mass is 648 g/mol. The van der Waals surface area contributed by atoms with Crippen molar-refractivity contribution in [3.63, 3.8) is 0 Å². The van der Waals surface area contributed by atoms with Crippen molar-refractivity contribution < 1.29 is 11.0 Å². The average Bonchev–Trinajstić information content (AvgIpc) is 3.73. The largest absolute Gasteiger partial charge is 0.296 e. The molecule has 10 rings (SSSR count). The van der Waals surface area contributed by atoms with Gasteiger partial charge < -0.3 is 0 Å². The van der Waals surface area contributed by atoms with Crippen LogP contribution < -0.4 is 0 Å². The number of hydrogen-bond acceptors (Lipinski definition) is 1. The summed E-state index contributed by atoms with van der Waals surface area (Å²) < 4.78 is 76.1. The third-order valence-electron chi connectivity index (χ3n) is 10.6. The maximum atomic E-state index is 9.56. The second-order valence-electron chi connectivity index (χ2n) is 13.6. The van der Waals surface area contributed by atoms with Crippen molar-refractivity contribution in [2.45, 2.75) is 32.6 Å². The average molecular weight is 649 g/mol. The molecule has 2 heteroatoms. The van der Waals surface area contributed by atoms with Crippen LogP contribution in [0.5, 0.6) is 0 Å². The van der Waals surface area contributed by atoms with E-state index in [2.05, 4.69) is 37.5 Å². The van der Waals surface area contributed by atoms with Crippen molar-refractivity contribution in [2.24, 2.45) is 0 Å². The zero-order chi connectivity index (χ0) is 40.5. The molecule has 0 amide bonds. The molecule has 50 heavy (non-hydrogen) atoms. The highest BCUT2D eigenvalue weighted by atomic mass is 15.1. The highest BCUT2D eigenvalue weighted by Crippen LogP contribution is 2.51. The first kappa shape index (κ1) is 21.9. The van der Waals surface area contributed by atoms with Crippen LogP contribution in [0.3, 0.4) is 0 Å². The lowest BCUT2D eigenvalue weighted by atomic mass is 9.80. The van der Waals surface area contributed by atoms with E-state index in [9.17, 15) is 5.48 Å². The summed E-state index contributed by atoms with van der Waals surface area (Å²) in [6, 6.07) is 31.1. The number of aryl methyl sites for hydroxylation is 1. The third-order valence-corrected chi connectivity index (χ3v) is 10.6. The zero-order valence-corrected chi connectivity index (χ0v) is 27.9. The molecule has 0 N–H and O–H groups in total. The fourth-order valence-corrected chi connectivity index (χ4v) is 8.32. The number of nitrogens with zero attached hydrogens (tertiary/aromatic N) is 2. The molecule has 0 saturated heterocycles. The van der Waals surface area contributed by atoms with E-state index in [1.165, 1.54) is 5.56 Å². The molecule has 9 aromatic rings. The lowest BCUT2D eigenvalue weighted by Crippen LogP contribution is -2.14. The van der Waals surface area contributed by atoms with Crippen LogP contribution in [0.1, 0.15) is 48.7 Å². The first-order chi connectivity index (χ1) is 27.9. The molecule has 0 spiro atoms. The molecule has 0 bridgehead atoms. The predicted molar refractivity (Wildman–Crippen MR) is 211 cm³/mol. The Kier molecular flexibility index (Phi) is 4.70. The minimum atomic E-state index is -0.422. The Hall–Kier alpha value is -5.99. The van der Waals surface area contributed by atoms with Gasteiger partial charge in [0.25, 0.3) is 0 Å². The van der Waals surface area contributed by atoms with E-state index in [1.54, 1.807) is 0 Å². The Labute approximate surface area is 303 Å². The summed E-state index contributed by atoms with van der Waals surface area (Å²) in [6.45, 7) is 6.38. The van der Waals surface area contributed by atoms with Crippen molar-refractivity contribution in [1.29, 1.82) is 0 Å². The molecular formula is C48H36N2. The van der Waals surface area contributed by atoms with E-state index < -0.39 is 29.6 Å². The molecular weight excluding hydrogens is 605 g/mol. The third kappa shape index (κ3) is 3.99. The van der Waals surface area contributed by atoms with Gasteiger partial charge in [0.05, 0.1) is 27.7 Å². The summed E-state index contributed by atoms with van der Waals surface area (Å²) in [4.78, 5) is 4.93. The van der Waals surface area contributed by atoms with Crippen LogP contribution in [0, 0.1) is 0 Å². The number of imidazole rings is 1. The van der Waals surface area contributed by atoms with Gasteiger partial charge in [0.2, 0.25) is 0 Å². The molecule has 8 aromatic carbocycles. The number of aromatic nitrogens is 2. The summed E-state index contributed by atoms with van der Waals surface area (Å²) in [5.74, 6) is 0.878. The second kappa shape index (κ2) is 10.8. The second-order valence-corrected chi connectivity index (χ2v) is 13.6. The summed E-state index contributed by atoms with van der Waals surface area (Å²) in [6.07, 6.45) is 0.680. The highest BCUT2D eigenvalue weighted by Gasteiger charge is 2.35. The molecule has 1 heterocycles. The van der Waals surface area contributed by atoms with Gasteiger partial charge in [-0.25, -0.2) is 4.98 Å². The maximum absolute atomic E-state index is 9.56. The first-order valence-electron chi connectivity index (χ1n) is 21.1. The topological polar surface area (TPSA) is 17.8 Å². The summed E-state index contributed by atoms with van der Waals surface area (Å²) in [7, 11) is 0. The lowest BCUT2D eigenvalue weighted by Gasteiger charge is -2.23. The smallest absolute Gasteiger partial charge is 0.114 e. The van der Waals surface area contributed by atoms with Gasteiger partial charge in [-0.1, -0.05) is 148 Å². The van der Waals surface area contributed by atoms with Crippen LogP contribution >= 0.6 is 0 Å². The fourth-order valence-electron chi connectivity index (χ4n) is 8.32. The Morgan fingerprint density at radius 3 is 1.92 bits per heavy atom. The van der Waals surface area contributed by atoms with Gasteiger partial charge in [-0.15, -0.1) is 0 Å². The van der Waals surface area contributed by atoms with E-state index in [1.807, 2.05) is 91.0 Å². The fraction of sp³-hybridized carbons (Fsp3) is 0.104. The SMILES string of the molecule is [2H]c1c([2H])c([2H])c2c(-c3ccc(-n4c(CC)nc5ccccc54)c4ccccc34)c3c([2H])c([2H])c([2H])c([2H])c3c(-c3ccc4c(c3)C(C)(C)c3ccccc3-4)c2c1[2H]. The molecule has 1 aliphatic rings. The number of fused-ring (bicyclic) bond motifs is 7. The molecule has 1 aliphatic carbocycles. The number of para-hydroxylation sites is 2. The van der Waals surface area contributed by atoms with E-state index in [4.69, 9.17) is 10.5 Å². The Bertz CT molecular complexity index is 3210. The molecule has 0 atom stereocenters. The highest BCUT2D eigenvalue weighted by molar-refractivity contribution is 6.24. The van der Waals surface area contributed by atoms with Crippen LogP contribution in [0.25, 0.3) is 82.4 Å². The zero-order valence-electron chi connectivity index (χ0n) is 35.9. The van der Waals surface area contributed by atoms with E-state index in [-0.39, 0.29) is 45.7 Å². The van der Waals surface area contributed by atoms with Crippen molar-refractivity contribution in [3.8, 4) is 39.1 Å². The van der Waals surface area contributed by atoms with Gasteiger partial charge in [0, 0.05) is 17.2 Å². The van der Waals surface area contributed by atoms with Crippen LogP contribution in [-0.2, 0) is 11.8 Å². The van der Waals surface area contributed by atoms with Crippen molar-refractivity contribution in [1.82, 2.24) is 9.55 Å². The predicted octanol–water partition coefficient (Wildman–Crippen LogP) is 12.7. The molecule has 2 nitrogen and oxygen atoms in total. The Morgan fingerprint density at radius 2 is 1.18 bits per heavy atom. The van der Waals surface area contributed by atoms with Crippen molar-refractivity contribution >= 4 is 43.4 Å². The normalized spacial score (nSPS) is 15.6. The van der Waals surface area contributed by atoms with Gasteiger partial charge >= 0.3 is 0 Å². The maximum Gasteiger partial charge on any atom is 0.114 e. The van der Waals surface area contributed by atoms with Gasteiger partial charge in [-0.2, -0.15) is 0 Å². The summed E-state index contributed by atoms with van der Waals surface area (Å²) >= 11 is 0. The standard InChI is InChI=1S/C48H36N2/c1-4-45-49-42-23-13-14-24-44(42)50(45)43-28-27-39(31-15-5-6-17-34(31)43)47-37-20-9-7-18-35(37)46(36-19-8-10-21-38(36)47)30-25-26-33-32-16-11-12-22-40(32)48(2,3)41(33)29-30/h5-29H,4H2,1-3H3/i7D,8D,9D,10D,18D,19D,20D,21D. The van der Waals surface area contributed by atoms with Gasteiger partial charge in [-0.3, -0.25) is 4.57 Å². The quantitative estimate of drug-likeness (QED) is 0.174. The minimum Gasteiger partial charge on any atom is -0.296 e. The number of hydrogen-bond donors (Lipinski definition) is 0. The van der Waals surface area contributed by atoms with Gasteiger partial charge in [0.15, 0.2) is 0 Å². The molecule has 0 saturated carbocycles. The lowest BCUT2D eigenvalue weighted by molar-refractivity contribution is 0.660. The minimum absolute atomic E-state index is 0.196. The van der Waals surface area contributed by atoms with E-state index >= 15 is 0 Å². The van der Waals surface area contributed by atoms with Gasteiger partial charge in [-0.05, 0) is 95.7 Å². The number of rotatable bonds is 4. The van der Waals surface area contributed by atoms with Crippen molar-refractivity contribution in [3.05, 3.63) is 168 Å².